The number of aromatic nitrogens is 4. The Morgan fingerprint density at radius 3 is 2.71 bits per heavy atom. The Labute approximate surface area is 242 Å². The number of hydrogen-bond donors (Lipinski definition) is 3. The molecule has 0 spiro atoms. The molecule has 5 rings (SSSR count). The van der Waals surface area contributed by atoms with E-state index in [9.17, 15) is 14.5 Å². The third kappa shape index (κ3) is 5.55. The van der Waals surface area contributed by atoms with Gasteiger partial charge in [0, 0.05) is 0 Å². The summed E-state index contributed by atoms with van der Waals surface area (Å²) in [5, 5.41) is 14.1. The van der Waals surface area contributed by atoms with Gasteiger partial charge in [-0.25, -0.2) is 9.55 Å². The van der Waals surface area contributed by atoms with E-state index in [0.717, 1.165) is 0 Å². The molecule has 4 heterocycles. The summed E-state index contributed by atoms with van der Waals surface area (Å²) in [5.74, 6) is -0.226. The predicted octanol–water partition coefficient (Wildman–Crippen LogP) is 2.36. The number of aliphatic hydroxyl groups excluding tert-OH is 1. The first-order valence-electron chi connectivity index (χ1n) is 13.5. The molecule has 2 aliphatic rings. The van der Waals surface area contributed by atoms with E-state index in [4.69, 9.17) is 33.7 Å². The average molecular weight is 607 g/mol. The number of carbonyl (C=O) groups excluding carboxylic acids is 1. The molecule has 16 heteroatoms. The molecule has 228 valence electrons. The van der Waals surface area contributed by atoms with E-state index < -0.39 is 49.9 Å². The minimum atomic E-state index is -4.24. The number of benzene rings is 1. The Morgan fingerprint density at radius 2 is 2.02 bits per heavy atom. The molecule has 0 unspecified atom stereocenters. The highest BCUT2D eigenvalue weighted by Crippen LogP contribution is 2.55. The number of fused-ring (bicyclic) bond motifs is 3. The predicted molar refractivity (Wildman–Crippen MR) is 149 cm³/mol. The zero-order valence-electron chi connectivity index (χ0n) is 23.9. The van der Waals surface area contributed by atoms with Crippen molar-refractivity contribution in [2.45, 2.75) is 70.3 Å². The quantitative estimate of drug-likeness (QED) is 0.201. The maximum absolute atomic E-state index is 14.0. The zero-order valence-corrected chi connectivity index (χ0v) is 24.8. The summed E-state index contributed by atoms with van der Waals surface area (Å²) >= 11 is 0. The number of rotatable bonds is 12. The van der Waals surface area contributed by atoms with E-state index in [1.165, 1.54) is 13.3 Å². The van der Waals surface area contributed by atoms with Gasteiger partial charge in [0.25, 0.3) is 0 Å². The van der Waals surface area contributed by atoms with Gasteiger partial charge in [-0.1, -0.05) is 18.2 Å². The van der Waals surface area contributed by atoms with Gasteiger partial charge in [0.2, 0.25) is 11.8 Å². The number of para-hydroxylation sites is 1. The number of aliphatic hydroxyl groups is 1. The lowest BCUT2D eigenvalue weighted by atomic mass is 9.92. The van der Waals surface area contributed by atoms with Crippen molar-refractivity contribution in [1.82, 2.24) is 24.6 Å². The highest BCUT2D eigenvalue weighted by atomic mass is 31.2. The smallest absolute Gasteiger partial charge is 0.459 e. The minimum Gasteiger partial charge on any atom is -0.476 e. The summed E-state index contributed by atoms with van der Waals surface area (Å²) < 4.78 is 50.4. The van der Waals surface area contributed by atoms with Gasteiger partial charge >= 0.3 is 13.7 Å². The number of imidazole rings is 1. The number of ether oxygens (including phenoxy) is 4. The third-order valence-electron chi connectivity index (χ3n) is 6.95. The summed E-state index contributed by atoms with van der Waals surface area (Å²) in [6.07, 6.45) is -1.07. The summed E-state index contributed by atoms with van der Waals surface area (Å²) in [6.45, 7) is 8.21. The molecule has 2 aliphatic heterocycles. The number of nitrogens with one attached hydrogen (secondary N) is 1. The van der Waals surface area contributed by atoms with Gasteiger partial charge < -0.3 is 34.3 Å². The number of nitrogen functional groups attached to an aromatic ring is 1. The number of carbonyl (C=O) groups is 1. The van der Waals surface area contributed by atoms with Crippen LogP contribution in [0.15, 0.2) is 36.7 Å². The number of esters is 1. The van der Waals surface area contributed by atoms with E-state index in [1.54, 1.807) is 62.6 Å². The molecule has 0 aliphatic carbocycles. The van der Waals surface area contributed by atoms with Crippen LogP contribution in [0.5, 0.6) is 11.6 Å². The van der Waals surface area contributed by atoms with Crippen LogP contribution in [0, 0.1) is 0 Å². The van der Waals surface area contributed by atoms with Crippen LogP contribution in [0.4, 0.5) is 5.95 Å². The van der Waals surface area contributed by atoms with Crippen LogP contribution in [-0.2, 0) is 28.1 Å². The molecule has 42 heavy (non-hydrogen) atoms. The fraction of sp³-hybridized carbons (Fsp3) is 0.538. The van der Waals surface area contributed by atoms with Crippen LogP contribution in [0.25, 0.3) is 11.2 Å². The standard InChI is InChI=1S/C26H35N6O9P/c1-6-36-20-18-19(29-24(27)30-20)32(14-28-18)23-25(5)22(34)26(40-23,12-37-25)13-38-42(35,41-17-10-8-7-9-11-17)31-16(4)21(33)39-15(2)3/h7-11,14-16,22-23,34H,6,12-13H2,1-5H3,(H,31,35)(H2,27,29,30)/t16-,22+,23-,25-,26-,42+/m1/s1. The normalized spacial score (nSPS) is 27.2. The van der Waals surface area contributed by atoms with E-state index in [-0.39, 0.29) is 30.3 Å². The van der Waals surface area contributed by atoms with Crippen molar-refractivity contribution in [1.29, 1.82) is 0 Å². The number of anilines is 1. The van der Waals surface area contributed by atoms with Crippen LogP contribution in [0.3, 0.4) is 0 Å². The van der Waals surface area contributed by atoms with E-state index in [1.807, 2.05) is 0 Å². The number of nitrogens with two attached hydrogens (primary N) is 1. The summed E-state index contributed by atoms with van der Waals surface area (Å²) in [6, 6.07) is 7.30. The van der Waals surface area contributed by atoms with Crippen LogP contribution in [0.1, 0.15) is 40.8 Å². The van der Waals surface area contributed by atoms with Crippen molar-refractivity contribution in [2.75, 3.05) is 25.6 Å². The van der Waals surface area contributed by atoms with Gasteiger partial charge in [-0.3, -0.25) is 13.9 Å². The van der Waals surface area contributed by atoms with Gasteiger partial charge in [-0.15, -0.1) is 0 Å². The second kappa shape index (κ2) is 11.4. The van der Waals surface area contributed by atoms with Crippen molar-refractivity contribution in [3.63, 3.8) is 0 Å². The second-order valence-corrected chi connectivity index (χ2v) is 12.3. The fourth-order valence-electron chi connectivity index (χ4n) is 4.93. The fourth-order valence-corrected chi connectivity index (χ4v) is 6.48. The van der Waals surface area contributed by atoms with Gasteiger partial charge in [-0.05, 0) is 46.8 Å². The Bertz CT molecular complexity index is 1490. The molecule has 3 aromatic rings. The Kier molecular flexibility index (Phi) is 8.18. The highest BCUT2D eigenvalue weighted by molar-refractivity contribution is 7.52. The largest absolute Gasteiger partial charge is 0.476 e. The molecule has 1 aromatic carbocycles. The topological polar surface area (TPSA) is 191 Å². The molecular formula is C26H35N6O9P. The highest BCUT2D eigenvalue weighted by Gasteiger charge is 2.69. The Morgan fingerprint density at radius 1 is 1.29 bits per heavy atom. The summed E-state index contributed by atoms with van der Waals surface area (Å²) in [4.78, 5) is 25.3. The molecule has 0 amide bonds. The van der Waals surface area contributed by atoms with Gasteiger partial charge in [0.15, 0.2) is 17.4 Å². The SMILES string of the molecule is CCOc1nc(N)nc2c1ncn2[C@@H]1O[C@@]2(CO[P@@](=O)(N[C@H](C)C(=O)OC(C)C)Oc3ccccc3)CO[C@]1(C)[C@@H]2O. The molecule has 15 nitrogen and oxygen atoms in total. The molecule has 2 aromatic heterocycles. The Hall–Kier alpha value is -3.33. The molecule has 0 radical (unpaired) electrons. The first-order chi connectivity index (χ1) is 19.9. The first kappa shape index (κ1) is 30.1. The van der Waals surface area contributed by atoms with Crippen LogP contribution >= 0.6 is 7.75 Å². The molecular weight excluding hydrogens is 571 g/mol. The van der Waals surface area contributed by atoms with Gasteiger partial charge in [0.05, 0.1) is 32.3 Å². The summed E-state index contributed by atoms with van der Waals surface area (Å²) in [7, 11) is -4.24. The summed E-state index contributed by atoms with van der Waals surface area (Å²) in [5.41, 5.74) is 3.86. The average Bonchev–Trinajstić information content (AvgIpc) is 3.53. The molecule has 4 N–H and O–H groups in total. The van der Waals surface area contributed by atoms with Crippen LogP contribution < -0.4 is 20.1 Å². The third-order valence-corrected chi connectivity index (χ3v) is 8.57. The lowest BCUT2D eigenvalue weighted by molar-refractivity contribution is -0.209. The number of nitrogens with zero attached hydrogens (tertiary/aromatic N) is 4. The molecule has 0 saturated carbocycles. The van der Waals surface area contributed by atoms with E-state index >= 15 is 0 Å². The maximum Gasteiger partial charge on any atom is 0.459 e. The number of hydrogen-bond acceptors (Lipinski definition) is 13. The van der Waals surface area contributed by atoms with Crippen molar-refractivity contribution in [3.8, 4) is 11.6 Å². The zero-order chi connectivity index (χ0) is 30.3. The van der Waals surface area contributed by atoms with Crippen molar-refractivity contribution in [2.24, 2.45) is 0 Å². The van der Waals surface area contributed by atoms with Crippen LogP contribution in [0.2, 0.25) is 0 Å². The van der Waals surface area contributed by atoms with Crippen molar-refractivity contribution >= 4 is 30.8 Å². The van der Waals surface area contributed by atoms with Gasteiger partial charge in [0.1, 0.15) is 29.1 Å². The molecule has 2 bridgehead atoms. The van der Waals surface area contributed by atoms with Crippen molar-refractivity contribution < 1.29 is 42.5 Å². The van der Waals surface area contributed by atoms with E-state index in [0.29, 0.717) is 17.8 Å². The molecule has 2 fully saturated rings. The Balaban J connectivity index is 1.41. The maximum atomic E-state index is 14.0. The van der Waals surface area contributed by atoms with E-state index in [2.05, 4.69) is 20.0 Å². The lowest BCUT2D eigenvalue weighted by Gasteiger charge is -2.34. The molecule has 2 saturated heterocycles. The monoisotopic (exact) mass is 606 g/mol. The van der Waals surface area contributed by atoms with Crippen LogP contribution in [-0.4, -0.2) is 79.9 Å². The molecule has 6 atom stereocenters. The van der Waals surface area contributed by atoms with Crippen molar-refractivity contribution in [3.05, 3.63) is 36.7 Å². The second-order valence-electron chi connectivity index (χ2n) is 10.6. The first-order valence-corrected chi connectivity index (χ1v) is 15.0. The minimum absolute atomic E-state index is 0.0318. The lowest BCUT2D eigenvalue weighted by Crippen LogP contribution is -2.46. The van der Waals surface area contributed by atoms with Gasteiger partial charge in [-0.2, -0.15) is 15.1 Å².